The molecule has 4 rings (SSSR count). The lowest BCUT2D eigenvalue weighted by molar-refractivity contribution is -0.146. The van der Waals surface area contributed by atoms with E-state index in [-0.39, 0.29) is 24.3 Å². The number of nitrogens with one attached hydrogen (secondary N) is 3. The maximum Gasteiger partial charge on any atom is 0.245 e. The Balaban J connectivity index is 1.61. The van der Waals surface area contributed by atoms with E-state index in [9.17, 15) is 14.4 Å². The number of nitrogens with two attached hydrogens (primary N) is 1. The standard InChI is InChI=1S/C33H44N6O3/c1-32(2,34)17-10-16-29(40)36-28(20-25-22-35-27-15-9-8-14-26(25)27)30(41)39-19-11-18-33(23-39,31(42)37-38(3)4)21-24-12-6-5-7-13-24/h5-10,12-16,22,28,35H,11,17-21,23,34H2,1-4H3,(H,36,40)(H,37,42)/b16-10+/t28-,33-/m1/s1. The highest BCUT2D eigenvalue weighted by Crippen LogP contribution is 2.35. The minimum Gasteiger partial charge on any atom is -0.361 e. The number of fused-ring (bicyclic) bond motifs is 1. The zero-order valence-corrected chi connectivity index (χ0v) is 25.2. The van der Waals surface area contributed by atoms with Crippen LogP contribution in [0.25, 0.3) is 10.9 Å². The monoisotopic (exact) mass is 572 g/mol. The van der Waals surface area contributed by atoms with Gasteiger partial charge in [-0.3, -0.25) is 19.8 Å². The summed E-state index contributed by atoms with van der Waals surface area (Å²) in [5, 5.41) is 5.61. The third kappa shape index (κ3) is 8.08. The van der Waals surface area contributed by atoms with E-state index in [0.717, 1.165) is 22.0 Å². The molecule has 2 atom stereocenters. The van der Waals surface area contributed by atoms with Gasteiger partial charge in [0.25, 0.3) is 0 Å². The number of carbonyl (C=O) groups is 3. The number of H-pyrrole nitrogens is 1. The van der Waals surface area contributed by atoms with Crippen molar-refractivity contribution in [2.75, 3.05) is 27.2 Å². The van der Waals surface area contributed by atoms with Gasteiger partial charge in [0.1, 0.15) is 6.04 Å². The maximum atomic E-state index is 14.2. The van der Waals surface area contributed by atoms with E-state index in [4.69, 9.17) is 5.73 Å². The van der Waals surface area contributed by atoms with Gasteiger partial charge in [0.05, 0.1) is 5.41 Å². The van der Waals surface area contributed by atoms with E-state index in [2.05, 4.69) is 15.7 Å². The summed E-state index contributed by atoms with van der Waals surface area (Å²) >= 11 is 0. The SMILES string of the molecule is CN(C)NC(=O)[C@@]1(Cc2ccccc2)CCCN(C(=O)[C@@H](Cc2c[nH]c3ccccc23)NC(=O)/C=C/CC(C)(C)N)C1. The number of benzene rings is 2. The molecule has 0 unspecified atom stereocenters. The summed E-state index contributed by atoms with van der Waals surface area (Å²) in [6.45, 7) is 4.56. The lowest BCUT2D eigenvalue weighted by Gasteiger charge is -2.43. The summed E-state index contributed by atoms with van der Waals surface area (Å²) in [4.78, 5) is 46.0. The highest BCUT2D eigenvalue weighted by atomic mass is 16.2. The second-order valence-electron chi connectivity index (χ2n) is 12.4. The lowest BCUT2D eigenvalue weighted by Crippen LogP contribution is -2.59. The largest absolute Gasteiger partial charge is 0.361 e. The molecule has 1 fully saturated rings. The van der Waals surface area contributed by atoms with Crippen LogP contribution in [0.5, 0.6) is 0 Å². The van der Waals surface area contributed by atoms with Gasteiger partial charge < -0.3 is 20.9 Å². The fourth-order valence-electron chi connectivity index (χ4n) is 5.67. The Hall–Kier alpha value is -3.95. The third-order valence-electron chi connectivity index (χ3n) is 7.71. The van der Waals surface area contributed by atoms with Crippen LogP contribution < -0.4 is 16.5 Å². The summed E-state index contributed by atoms with van der Waals surface area (Å²) in [6, 6.07) is 17.0. The topological polar surface area (TPSA) is 124 Å². The van der Waals surface area contributed by atoms with Crippen LogP contribution in [0.1, 0.15) is 44.2 Å². The molecule has 0 aliphatic carbocycles. The molecule has 1 aliphatic rings. The molecule has 0 bridgehead atoms. The maximum absolute atomic E-state index is 14.2. The Kier molecular flexibility index (Phi) is 9.85. The van der Waals surface area contributed by atoms with Crippen LogP contribution in [-0.2, 0) is 27.2 Å². The molecule has 42 heavy (non-hydrogen) atoms. The molecule has 3 amide bonds. The fraction of sp³-hybridized carbons (Fsp3) is 0.424. The van der Waals surface area contributed by atoms with Crippen molar-refractivity contribution in [2.45, 2.75) is 57.5 Å². The number of piperidine rings is 1. The van der Waals surface area contributed by atoms with Crippen molar-refractivity contribution < 1.29 is 14.4 Å². The second kappa shape index (κ2) is 13.4. The van der Waals surface area contributed by atoms with E-state index in [1.54, 1.807) is 30.1 Å². The van der Waals surface area contributed by atoms with E-state index < -0.39 is 17.0 Å². The number of aromatic nitrogens is 1. The van der Waals surface area contributed by atoms with E-state index >= 15 is 0 Å². The lowest BCUT2D eigenvalue weighted by atomic mass is 9.74. The van der Waals surface area contributed by atoms with Gasteiger partial charge in [-0.1, -0.05) is 54.6 Å². The molecule has 2 aromatic carbocycles. The number of aromatic amines is 1. The summed E-state index contributed by atoms with van der Waals surface area (Å²) in [5.41, 5.74) is 10.7. The third-order valence-corrected chi connectivity index (χ3v) is 7.71. The van der Waals surface area contributed by atoms with Gasteiger partial charge in [0.2, 0.25) is 17.7 Å². The van der Waals surface area contributed by atoms with Crippen LogP contribution in [-0.4, -0.2) is 71.4 Å². The number of hydrogen-bond donors (Lipinski definition) is 4. The van der Waals surface area contributed by atoms with Crippen LogP contribution in [0.4, 0.5) is 0 Å². The molecule has 1 saturated heterocycles. The first-order valence-electron chi connectivity index (χ1n) is 14.6. The molecule has 3 aromatic rings. The molecule has 9 heteroatoms. The zero-order chi connectivity index (χ0) is 30.3. The predicted octanol–water partition coefficient (Wildman–Crippen LogP) is 3.32. The van der Waals surface area contributed by atoms with Gasteiger partial charge in [-0.25, -0.2) is 5.01 Å². The number of rotatable bonds is 11. The molecule has 5 N–H and O–H groups in total. The first-order valence-corrected chi connectivity index (χ1v) is 14.6. The normalized spacial score (nSPS) is 18.4. The molecule has 1 aliphatic heterocycles. The smallest absolute Gasteiger partial charge is 0.245 e. The average molecular weight is 573 g/mol. The number of hydrazine groups is 1. The number of hydrogen-bond acceptors (Lipinski definition) is 5. The van der Waals surface area contributed by atoms with Crippen LogP contribution >= 0.6 is 0 Å². The number of amides is 3. The molecular formula is C33H44N6O3. The quantitative estimate of drug-likeness (QED) is 0.207. The minimum atomic E-state index is -0.809. The summed E-state index contributed by atoms with van der Waals surface area (Å²) in [6.07, 6.45) is 7.76. The molecule has 9 nitrogen and oxygen atoms in total. The first-order chi connectivity index (χ1) is 20.0. The van der Waals surface area contributed by atoms with Crippen molar-refractivity contribution in [2.24, 2.45) is 11.1 Å². The van der Waals surface area contributed by atoms with E-state index in [1.165, 1.54) is 6.08 Å². The van der Waals surface area contributed by atoms with Gasteiger partial charge >= 0.3 is 0 Å². The molecule has 0 saturated carbocycles. The number of carbonyl (C=O) groups excluding carboxylic acids is 3. The van der Waals surface area contributed by atoms with Crippen molar-refractivity contribution in [1.82, 2.24) is 25.6 Å². The first kappa shape index (κ1) is 31.0. The summed E-state index contributed by atoms with van der Waals surface area (Å²) in [5.74, 6) is -0.662. The van der Waals surface area contributed by atoms with Crippen molar-refractivity contribution in [3.8, 4) is 0 Å². The minimum absolute atomic E-state index is 0.113. The Morgan fingerprint density at radius 3 is 2.55 bits per heavy atom. The average Bonchev–Trinajstić information content (AvgIpc) is 3.34. The van der Waals surface area contributed by atoms with Crippen molar-refractivity contribution in [3.05, 3.63) is 84.1 Å². The van der Waals surface area contributed by atoms with E-state index in [1.807, 2.05) is 74.6 Å². The predicted molar refractivity (Wildman–Crippen MR) is 166 cm³/mol. The van der Waals surface area contributed by atoms with Crippen molar-refractivity contribution in [3.63, 3.8) is 0 Å². The van der Waals surface area contributed by atoms with Gasteiger partial charge in [-0.15, -0.1) is 0 Å². The van der Waals surface area contributed by atoms with Gasteiger partial charge in [0, 0.05) is 56.2 Å². The highest BCUT2D eigenvalue weighted by Gasteiger charge is 2.44. The fourth-order valence-corrected chi connectivity index (χ4v) is 5.67. The Bertz CT molecular complexity index is 1410. The Morgan fingerprint density at radius 1 is 1.12 bits per heavy atom. The number of nitrogens with zero attached hydrogens (tertiary/aromatic N) is 2. The second-order valence-corrected chi connectivity index (χ2v) is 12.4. The summed E-state index contributed by atoms with van der Waals surface area (Å²) in [7, 11) is 3.57. The molecule has 1 aromatic heterocycles. The molecule has 224 valence electrons. The molecule has 2 heterocycles. The number of likely N-dealkylation sites (tertiary alicyclic amines) is 1. The van der Waals surface area contributed by atoms with Crippen LogP contribution in [0, 0.1) is 5.41 Å². The Labute approximate surface area is 248 Å². The zero-order valence-electron chi connectivity index (χ0n) is 25.2. The molecule has 0 radical (unpaired) electrons. The highest BCUT2D eigenvalue weighted by molar-refractivity contribution is 5.94. The van der Waals surface area contributed by atoms with Gasteiger partial charge in [-0.2, -0.15) is 0 Å². The summed E-state index contributed by atoms with van der Waals surface area (Å²) < 4.78 is 0. The van der Waals surface area contributed by atoms with E-state index in [0.29, 0.717) is 38.6 Å². The van der Waals surface area contributed by atoms with Crippen molar-refractivity contribution in [1.29, 1.82) is 0 Å². The van der Waals surface area contributed by atoms with Gasteiger partial charge in [0.15, 0.2) is 0 Å². The van der Waals surface area contributed by atoms with Crippen LogP contribution in [0.3, 0.4) is 0 Å². The van der Waals surface area contributed by atoms with Gasteiger partial charge in [-0.05, 0) is 62.8 Å². The molecular weight excluding hydrogens is 528 g/mol. The molecule has 0 spiro atoms. The Morgan fingerprint density at radius 2 is 1.83 bits per heavy atom. The van der Waals surface area contributed by atoms with Crippen LogP contribution in [0.2, 0.25) is 0 Å². The van der Waals surface area contributed by atoms with Crippen molar-refractivity contribution >= 4 is 28.6 Å². The number of para-hydroxylation sites is 1. The van der Waals surface area contributed by atoms with Crippen LogP contribution in [0.15, 0.2) is 72.9 Å².